The zero-order valence-corrected chi connectivity index (χ0v) is 10.1. The zero-order chi connectivity index (χ0) is 12.1. The van der Waals surface area contributed by atoms with Crippen LogP contribution >= 0.6 is 11.6 Å². The van der Waals surface area contributed by atoms with Gasteiger partial charge in [0.05, 0.1) is 5.92 Å². The monoisotopic (exact) mass is 232 g/mol. The van der Waals surface area contributed by atoms with Crippen LogP contribution in [0.2, 0.25) is 0 Å². The van der Waals surface area contributed by atoms with Gasteiger partial charge in [-0.15, -0.1) is 0 Å². The first kappa shape index (κ1) is 14.2. The van der Waals surface area contributed by atoms with Gasteiger partial charge in [-0.05, 0) is 27.2 Å². The molecule has 0 unspecified atom stereocenters. The van der Waals surface area contributed by atoms with Crippen LogP contribution in [0.5, 0.6) is 0 Å². The highest BCUT2D eigenvalue weighted by atomic mass is 35.5. The van der Waals surface area contributed by atoms with Crippen molar-refractivity contribution in [3.8, 4) is 0 Å². The smallest absolute Gasteiger partial charge is 0.310 e. The number of esters is 1. The van der Waals surface area contributed by atoms with Crippen molar-refractivity contribution in [3.63, 3.8) is 0 Å². The molecule has 0 fully saturated rings. The van der Waals surface area contributed by atoms with Gasteiger partial charge in [-0.3, -0.25) is 4.79 Å². The second-order valence-electron chi connectivity index (χ2n) is 4.35. The topological polar surface area (TPSA) is 43.4 Å². The van der Waals surface area contributed by atoms with Gasteiger partial charge in [0.25, 0.3) is 0 Å². The Morgan fingerprint density at radius 3 is 2.40 bits per heavy atom. The molecule has 0 aromatic rings. The summed E-state index contributed by atoms with van der Waals surface area (Å²) in [5, 5.41) is 0.354. The molecule has 0 radical (unpaired) electrons. The maximum Gasteiger partial charge on any atom is 0.310 e. The third-order valence-corrected chi connectivity index (χ3v) is 1.74. The van der Waals surface area contributed by atoms with Gasteiger partial charge in [-0.1, -0.05) is 18.2 Å². The van der Waals surface area contributed by atoms with E-state index in [1.54, 1.807) is 20.8 Å². The first-order valence-electron chi connectivity index (χ1n) is 4.76. The van der Waals surface area contributed by atoms with Crippen molar-refractivity contribution in [1.29, 1.82) is 0 Å². The van der Waals surface area contributed by atoms with Crippen molar-refractivity contribution in [2.24, 2.45) is 5.92 Å². The van der Waals surface area contributed by atoms with Gasteiger partial charge in [-0.2, -0.15) is 0 Å². The van der Waals surface area contributed by atoms with E-state index in [9.17, 15) is 9.59 Å². The normalized spacial score (nSPS) is 13.1. The summed E-state index contributed by atoms with van der Waals surface area (Å²) in [6, 6.07) is 0. The summed E-state index contributed by atoms with van der Waals surface area (Å²) < 4.78 is 5.16. The summed E-state index contributed by atoms with van der Waals surface area (Å²) in [6.45, 7) is 8.83. The van der Waals surface area contributed by atoms with Gasteiger partial charge in [0, 0.05) is 11.5 Å². The van der Waals surface area contributed by atoms with Crippen LogP contribution in [-0.2, 0) is 14.3 Å². The number of halogens is 1. The molecule has 86 valence electrons. The zero-order valence-electron chi connectivity index (χ0n) is 9.38. The van der Waals surface area contributed by atoms with Crippen molar-refractivity contribution >= 4 is 23.9 Å². The number of rotatable bonds is 5. The molecule has 0 bridgehead atoms. The lowest BCUT2D eigenvalue weighted by Gasteiger charge is -2.22. The van der Waals surface area contributed by atoms with Crippen LogP contribution in [-0.4, -0.2) is 17.9 Å². The van der Waals surface area contributed by atoms with Crippen molar-refractivity contribution in [2.45, 2.75) is 39.2 Å². The molecule has 0 saturated heterocycles. The molecule has 0 aliphatic rings. The number of aldehydes is 1. The number of ether oxygens (including phenoxy) is 1. The molecule has 0 aromatic carbocycles. The molecular formula is C11H17ClO3. The average molecular weight is 233 g/mol. The minimum Gasteiger partial charge on any atom is -0.460 e. The number of hydrogen-bond acceptors (Lipinski definition) is 3. The highest BCUT2D eigenvalue weighted by Crippen LogP contribution is 2.20. The van der Waals surface area contributed by atoms with Crippen LogP contribution in [0.3, 0.4) is 0 Å². The lowest BCUT2D eigenvalue weighted by Crippen LogP contribution is -2.29. The molecule has 0 saturated carbocycles. The molecule has 0 spiro atoms. The predicted octanol–water partition coefficient (Wildman–Crippen LogP) is 2.68. The molecule has 0 heterocycles. The third kappa shape index (κ3) is 7.14. The van der Waals surface area contributed by atoms with Gasteiger partial charge in [0.1, 0.15) is 11.9 Å². The standard InChI is InChI=1S/C11H17ClO3/c1-8(12)7-9(5-6-13)10(14)15-11(2,3)4/h6,9H,1,5,7H2,2-4H3/t9-/m0/s1. The summed E-state index contributed by atoms with van der Waals surface area (Å²) >= 11 is 5.61. The molecular weight excluding hydrogens is 216 g/mol. The van der Waals surface area contributed by atoms with E-state index < -0.39 is 17.5 Å². The molecule has 0 rings (SSSR count). The van der Waals surface area contributed by atoms with Crippen LogP contribution in [0.15, 0.2) is 11.6 Å². The molecule has 15 heavy (non-hydrogen) atoms. The maximum absolute atomic E-state index is 11.6. The Hall–Kier alpha value is -0.830. The second-order valence-corrected chi connectivity index (χ2v) is 4.89. The number of carbonyl (C=O) groups excluding carboxylic acids is 2. The van der Waals surface area contributed by atoms with Gasteiger partial charge in [0.15, 0.2) is 0 Å². The van der Waals surface area contributed by atoms with E-state index in [0.717, 1.165) is 0 Å². The Morgan fingerprint density at radius 1 is 1.53 bits per heavy atom. The van der Waals surface area contributed by atoms with E-state index in [2.05, 4.69) is 6.58 Å². The number of carbonyl (C=O) groups is 2. The van der Waals surface area contributed by atoms with Gasteiger partial charge in [-0.25, -0.2) is 0 Å². The molecule has 0 amide bonds. The fourth-order valence-electron chi connectivity index (χ4n) is 1.03. The molecule has 0 N–H and O–H groups in total. The van der Waals surface area contributed by atoms with E-state index in [-0.39, 0.29) is 12.8 Å². The van der Waals surface area contributed by atoms with Gasteiger partial charge < -0.3 is 9.53 Å². The molecule has 0 aliphatic heterocycles. The Labute approximate surface area is 95.4 Å². The van der Waals surface area contributed by atoms with Crippen LogP contribution < -0.4 is 0 Å². The lowest BCUT2D eigenvalue weighted by atomic mass is 10.0. The molecule has 3 nitrogen and oxygen atoms in total. The summed E-state index contributed by atoms with van der Waals surface area (Å²) in [4.78, 5) is 22.0. The second kappa shape index (κ2) is 5.91. The first-order valence-corrected chi connectivity index (χ1v) is 5.14. The fourth-order valence-corrected chi connectivity index (χ4v) is 1.22. The lowest BCUT2D eigenvalue weighted by molar-refractivity contribution is -0.160. The third-order valence-electron chi connectivity index (χ3n) is 1.59. The summed E-state index contributed by atoms with van der Waals surface area (Å²) in [6.07, 6.45) is 1.07. The van der Waals surface area contributed by atoms with Crippen molar-refractivity contribution in [1.82, 2.24) is 0 Å². The Kier molecular flexibility index (Phi) is 5.58. The quantitative estimate of drug-likeness (QED) is 0.541. The summed E-state index contributed by atoms with van der Waals surface area (Å²) in [7, 11) is 0. The van der Waals surface area contributed by atoms with Crippen molar-refractivity contribution in [2.75, 3.05) is 0 Å². The van der Waals surface area contributed by atoms with Crippen LogP contribution in [0.25, 0.3) is 0 Å². The van der Waals surface area contributed by atoms with Crippen molar-refractivity contribution in [3.05, 3.63) is 11.6 Å². The highest BCUT2D eigenvalue weighted by molar-refractivity contribution is 6.29. The number of allylic oxidation sites excluding steroid dienone is 1. The predicted molar refractivity (Wildman–Crippen MR) is 59.6 cm³/mol. The molecule has 0 aliphatic carbocycles. The van der Waals surface area contributed by atoms with E-state index in [1.807, 2.05) is 0 Å². The van der Waals surface area contributed by atoms with E-state index in [1.165, 1.54) is 0 Å². The SMILES string of the molecule is C=C(Cl)C[C@H](CC=O)C(=O)OC(C)(C)C. The van der Waals surface area contributed by atoms with Crippen LogP contribution in [0.1, 0.15) is 33.6 Å². The average Bonchev–Trinajstić information content (AvgIpc) is 1.99. The molecule has 1 atom stereocenters. The highest BCUT2D eigenvalue weighted by Gasteiger charge is 2.25. The van der Waals surface area contributed by atoms with Gasteiger partial charge >= 0.3 is 5.97 Å². The largest absolute Gasteiger partial charge is 0.460 e. The fraction of sp³-hybridized carbons (Fsp3) is 0.636. The number of hydrogen-bond donors (Lipinski definition) is 0. The maximum atomic E-state index is 11.6. The first-order chi connectivity index (χ1) is 6.76. The molecule has 0 aromatic heterocycles. The minimum absolute atomic E-state index is 0.112. The van der Waals surface area contributed by atoms with E-state index >= 15 is 0 Å². The Balaban J connectivity index is 4.41. The van der Waals surface area contributed by atoms with Gasteiger partial charge in [0.2, 0.25) is 0 Å². The van der Waals surface area contributed by atoms with Crippen molar-refractivity contribution < 1.29 is 14.3 Å². The van der Waals surface area contributed by atoms with Crippen LogP contribution in [0.4, 0.5) is 0 Å². The Morgan fingerprint density at radius 2 is 2.07 bits per heavy atom. The Bertz CT molecular complexity index is 253. The molecule has 4 heteroatoms. The minimum atomic E-state index is -0.550. The summed E-state index contributed by atoms with van der Waals surface area (Å²) in [5.41, 5.74) is -0.550. The van der Waals surface area contributed by atoms with E-state index in [4.69, 9.17) is 16.3 Å². The van der Waals surface area contributed by atoms with Crippen LogP contribution in [0, 0.1) is 5.92 Å². The van der Waals surface area contributed by atoms with E-state index in [0.29, 0.717) is 11.3 Å². The summed E-state index contributed by atoms with van der Waals surface area (Å²) in [5.74, 6) is -0.928.